The van der Waals surface area contributed by atoms with E-state index in [4.69, 9.17) is 0 Å². The summed E-state index contributed by atoms with van der Waals surface area (Å²) in [6, 6.07) is 9.46. The van der Waals surface area contributed by atoms with Gasteiger partial charge in [-0.25, -0.2) is 17.2 Å². The standard InChI is InChI=1S/C17H14F2N2O2S2/c18-12-5-6-16(13(19)11-12)25(22,23)21-9-8-20-7-1-3-14(20)17(21)15-4-2-10-24-15/h1-7,10-11,17H,8-9H2. The molecular formula is C17H14F2N2O2S2. The Kier molecular flexibility index (Phi) is 3.98. The minimum Gasteiger partial charge on any atom is -0.348 e. The minimum atomic E-state index is -4.12. The van der Waals surface area contributed by atoms with E-state index < -0.39 is 32.6 Å². The molecule has 2 aromatic heterocycles. The maximum atomic E-state index is 14.2. The normalized spacial score (nSPS) is 18.2. The summed E-state index contributed by atoms with van der Waals surface area (Å²) in [5, 5.41) is 1.88. The summed E-state index contributed by atoms with van der Waals surface area (Å²) in [5.41, 5.74) is 0.833. The molecule has 1 unspecified atom stereocenters. The van der Waals surface area contributed by atoms with E-state index in [0.717, 1.165) is 22.7 Å². The molecule has 4 rings (SSSR count). The Balaban J connectivity index is 1.85. The molecule has 0 fully saturated rings. The maximum Gasteiger partial charge on any atom is 0.247 e. The zero-order chi connectivity index (χ0) is 17.6. The van der Waals surface area contributed by atoms with E-state index in [9.17, 15) is 17.2 Å². The number of benzene rings is 1. The molecule has 0 spiro atoms. The van der Waals surface area contributed by atoms with E-state index in [1.54, 1.807) is 0 Å². The van der Waals surface area contributed by atoms with Crippen molar-refractivity contribution in [3.05, 3.63) is 76.2 Å². The van der Waals surface area contributed by atoms with Gasteiger partial charge < -0.3 is 4.57 Å². The highest BCUT2D eigenvalue weighted by molar-refractivity contribution is 7.89. The predicted octanol–water partition coefficient (Wildman–Crippen LogP) is 3.62. The number of aromatic nitrogens is 1. The molecular weight excluding hydrogens is 366 g/mol. The van der Waals surface area contributed by atoms with Gasteiger partial charge >= 0.3 is 0 Å². The Morgan fingerprint density at radius 3 is 2.64 bits per heavy atom. The van der Waals surface area contributed by atoms with Gasteiger partial charge in [0.1, 0.15) is 16.5 Å². The van der Waals surface area contributed by atoms with E-state index in [2.05, 4.69) is 0 Å². The van der Waals surface area contributed by atoms with Gasteiger partial charge in [-0.15, -0.1) is 11.3 Å². The lowest BCUT2D eigenvalue weighted by Crippen LogP contribution is -2.42. The van der Waals surface area contributed by atoms with Crippen molar-refractivity contribution in [2.24, 2.45) is 0 Å². The zero-order valence-corrected chi connectivity index (χ0v) is 14.6. The summed E-state index contributed by atoms with van der Waals surface area (Å²) < 4.78 is 56.9. The van der Waals surface area contributed by atoms with Crippen molar-refractivity contribution in [2.75, 3.05) is 6.54 Å². The molecule has 1 aliphatic rings. The molecule has 25 heavy (non-hydrogen) atoms. The summed E-state index contributed by atoms with van der Waals surface area (Å²) in [6.45, 7) is 0.690. The van der Waals surface area contributed by atoms with Crippen LogP contribution >= 0.6 is 11.3 Å². The van der Waals surface area contributed by atoms with Crippen LogP contribution < -0.4 is 0 Å². The highest BCUT2D eigenvalue weighted by Gasteiger charge is 2.39. The molecule has 1 aliphatic heterocycles. The Hall–Kier alpha value is -2.03. The molecule has 1 atom stereocenters. The molecule has 0 aliphatic carbocycles. The van der Waals surface area contributed by atoms with Crippen LogP contribution in [0.5, 0.6) is 0 Å². The van der Waals surface area contributed by atoms with Gasteiger partial charge in [-0.05, 0) is 35.7 Å². The predicted molar refractivity (Wildman–Crippen MR) is 90.8 cm³/mol. The third-order valence-electron chi connectivity index (χ3n) is 4.29. The molecule has 0 saturated carbocycles. The number of halogens is 2. The molecule has 130 valence electrons. The molecule has 0 saturated heterocycles. The molecule has 0 amide bonds. The van der Waals surface area contributed by atoms with Crippen LogP contribution in [0.2, 0.25) is 0 Å². The lowest BCUT2D eigenvalue weighted by molar-refractivity contribution is 0.300. The smallest absolute Gasteiger partial charge is 0.247 e. The molecule has 1 aromatic carbocycles. The Morgan fingerprint density at radius 2 is 1.92 bits per heavy atom. The first kappa shape index (κ1) is 16.4. The quantitative estimate of drug-likeness (QED) is 0.696. The first-order valence-electron chi connectivity index (χ1n) is 7.64. The average molecular weight is 380 g/mol. The first-order valence-corrected chi connectivity index (χ1v) is 9.96. The lowest BCUT2D eigenvalue weighted by atomic mass is 10.1. The van der Waals surface area contributed by atoms with Crippen LogP contribution in [0.25, 0.3) is 0 Å². The molecule has 0 radical (unpaired) electrons. The van der Waals surface area contributed by atoms with Gasteiger partial charge in [0.15, 0.2) is 0 Å². The number of sulfonamides is 1. The van der Waals surface area contributed by atoms with E-state index in [-0.39, 0.29) is 6.54 Å². The van der Waals surface area contributed by atoms with Crippen LogP contribution in [-0.4, -0.2) is 23.8 Å². The summed E-state index contributed by atoms with van der Waals surface area (Å²) in [7, 11) is -4.12. The van der Waals surface area contributed by atoms with E-state index in [0.29, 0.717) is 12.6 Å². The number of hydrogen-bond donors (Lipinski definition) is 0. The van der Waals surface area contributed by atoms with Crippen LogP contribution in [0.1, 0.15) is 16.6 Å². The van der Waals surface area contributed by atoms with E-state index in [1.807, 2.05) is 40.4 Å². The van der Waals surface area contributed by atoms with Crippen molar-refractivity contribution in [1.82, 2.24) is 8.87 Å². The number of fused-ring (bicyclic) bond motifs is 1. The number of hydrogen-bond acceptors (Lipinski definition) is 3. The fourth-order valence-electron chi connectivity index (χ4n) is 3.17. The second-order valence-corrected chi connectivity index (χ2v) is 8.57. The van der Waals surface area contributed by atoms with Crippen molar-refractivity contribution < 1.29 is 17.2 Å². The van der Waals surface area contributed by atoms with Crippen molar-refractivity contribution in [3.8, 4) is 0 Å². The molecule has 0 N–H and O–H groups in total. The molecule has 8 heteroatoms. The number of thiophene rings is 1. The molecule has 0 bridgehead atoms. The summed E-state index contributed by atoms with van der Waals surface area (Å²) >= 11 is 1.44. The highest BCUT2D eigenvalue weighted by Crippen LogP contribution is 2.38. The second-order valence-electron chi connectivity index (χ2n) is 5.73. The molecule has 4 nitrogen and oxygen atoms in total. The van der Waals surface area contributed by atoms with E-state index in [1.165, 1.54) is 15.6 Å². The van der Waals surface area contributed by atoms with Gasteiger partial charge in [-0.3, -0.25) is 0 Å². The van der Waals surface area contributed by atoms with Crippen LogP contribution in [-0.2, 0) is 16.6 Å². The second kappa shape index (κ2) is 6.05. The van der Waals surface area contributed by atoms with Crippen LogP contribution in [0, 0.1) is 11.6 Å². The summed E-state index contributed by atoms with van der Waals surface area (Å²) in [6.07, 6.45) is 1.90. The van der Waals surface area contributed by atoms with Crippen molar-refractivity contribution in [2.45, 2.75) is 17.5 Å². The first-order chi connectivity index (χ1) is 12.0. The monoisotopic (exact) mass is 380 g/mol. The van der Waals surface area contributed by atoms with Gasteiger partial charge in [0.25, 0.3) is 0 Å². The van der Waals surface area contributed by atoms with Gasteiger partial charge in [-0.1, -0.05) is 6.07 Å². The minimum absolute atomic E-state index is 0.212. The van der Waals surface area contributed by atoms with Gasteiger partial charge in [0, 0.05) is 35.9 Å². The third kappa shape index (κ3) is 2.70. The van der Waals surface area contributed by atoms with E-state index >= 15 is 0 Å². The third-order valence-corrected chi connectivity index (χ3v) is 7.11. The number of nitrogens with zero attached hydrogens (tertiary/aromatic N) is 2. The Morgan fingerprint density at radius 1 is 1.08 bits per heavy atom. The highest BCUT2D eigenvalue weighted by atomic mass is 32.2. The zero-order valence-electron chi connectivity index (χ0n) is 13.0. The summed E-state index contributed by atoms with van der Waals surface area (Å²) in [5.74, 6) is -1.88. The van der Waals surface area contributed by atoms with Gasteiger partial charge in [0.2, 0.25) is 10.0 Å². The fourth-order valence-corrected chi connectivity index (χ4v) is 5.70. The van der Waals surface area contributed by atoms with Crippen LogP contribution in [0.3, 0.4) is 0 Å². The average Bonchev–Trinajstić information content (AvgIpc) is 3.25. The van der Waals surface area contributed by atoms with Crippen LogP contribution in [0.4, 0.5) is 8.78 Å². The fraction of sp³-hybridized carbons (Fsp3) is 0.176. The van der Waals surface area contributed by atoms with Crippen molar-refractivity contribution >= 4 is 21.4 Å². The Labute approximate surface area is 148 Å². The van der Waals surface area contributed by atoms with Crippen LogP contribution in [0.15, 0.2) is 58.9 Å². The molecule has 3 aromatic rings. The number of rotatable bonds is 3. The van der Waals surface area contributed by atoms with Gasteiger partial charge in [0.05, 0.1) is 6.04 Å². The lowest BCUT2D eigenvalue weighted by Gasteiger charge is -2.35. The molecule has 3 heterocycles. The summed E-state index contributed by atoms with van der Waals surface area (Å²) in [4.78, 5) is 0.348. The topological polar surface area (TPSA) is 42.3 Å². The largest absolute Gasteiger partial charge is 0.348 e. The van der Waals surface area contributed by atoms with Gasteiger partial charge in [-0.2, -0.15) is 4.31 Å². The Bertz CT molecular complexity index is 1010. The van der Waals surface area contributed by atoms with Crippen molar-refractivity contribution in [3.63, 3.8) is 0 Å². The van der Waals surface area contributed by atoms with Crippen molar-refractivity contribution in [1.29, 1.82) is 0 Å². The maximum absolute atomic E-state index is 14.2. The SMILES string of the molecule is O=S(=O)(c1ccc(F)cc1F)N1CCn2cccc2C1c1cccs1.